The lowest BCUT2D eigenvalue weighted by Gasteiger charge is -2.15. The van der Waals surface area contributed by atoms with Crippen molar-refractivity contribution in [1.29, 1.82) is 5.26 Å². The van der Waals surface area contributed by atoms with Gasteiger partial charge in [0.2, 0.25) is 0 Å². The highest BCUT2D eigenvalue weighted by Crippen LogP contribution is 2.08. The molecule has 0 rings (SSSR count). The molecule has 0 fully saturated rings. The zero-order valence-electron chi connectivity index (χ0n) is 16.2. The molecular weight excluding hydrogens is 310 g/mol. The lowest BCUT2D eigenvalue weighted by Crippen LogP contribution is -2.18. The predicted molar refractivity (Wildman–Crippen MR) is 104 cm³/mol. The smallest absolute Gasteiger partial charge is 0.160 e. The molecule has 3 heteroatoms. The largest absolute Gasteiger partial charge is 0.340 e. The van der Waals surface area contributed by atoms with Crippen LogP contribution < -0.4 is 0 Å². The minimum atomic E-state index is -0.270. The number of ether oxygens (including phenoxy) is 2. The minimum Gasteiger partial charge on any atom is -0.340 e. The van der Waals surface area contributed by atoms with E-state index in [9.17, 15) is 0 Å². The van der Waals surface area contributed by atoms with Gasteiger partial charge in [0.25, 0.3) is 0 Å². The van der Waals surface area contributed by atoms with Crippen molar-refractivity contribution in [3.8, 4) is 29.8 Å². The van der Waals surface area contributed by atoms with E-state index >= 15 is 0 Å². The van der Waals surface area contributed by atoms with Gasteiger partial charge in [-0.25, -0.2) is 0 Å². The summed E-state index contributed by atoms with van der Waals surface area (Å²) in [7, 11) is 0. The normalized spacial score (nSPS) is 9.84. The molecule has 0 aromatic heterocycles. The van der Waals surface area contributed by atoms with Gasteiger partial charge in [0.1, 0.15) is 13.2 Å². The summed E-state index contributed by atoms with van der Waals surface area (Å²) < 4.78 is 11.5. The molecule has 0 spiro atoms. The first-order valence-electron chi connectivity index (χ1n) is 9.86. The molecule has 0 unspecified atom stereocenters. The van der Waals surface area contributed by atoms with Crippen LogP contribution in [0.5, 0.6) is 0 Å². The minimum absolute atomic E-state index is 0.270. The number of rotatable bonds is 14. The molecule has 0 saturated carbocycles. The molecule has 0 amide bonds. The van der Waals surface area contributed by atoms with Gasteiger partial charge in [-0.1, -0.05) is 51.4 Å². The van der Waals surface area contributed by atoms with Crippen LogP contribution in [0.3, 0.4) is 0 Å². The Morgan fingerprint density at radius 1 is 0.680 bits per heavy atom. The van der Waals surface area contributed by atoms with Crippen LogP contribution in [0.4, 0.5) is 0 Å². The van der Waals surface area contributed by atoms with Crippen molar-refractivity contribution in [3.63, 3.8) is 0 Å². The monoisotopic (exact) mass is 345 g/mol. The van der Waals surface area contributed by atoms with Crippen LogP contribution in [0.15, 0.2) is 0 Å². The fourth-order valence-electron chi connectivity index (χ4n) is 2.20. The zero-order chi connectivity index (χ0) is 18.4. The molecule has 3 nitrogen and oxygen atoms in total. The fraction of sp³-hybridized carbons (Fsp3) is 0.773. The molecule has 140 valence electrons. The van der Waals surface area contributed by atoms with E-state index in [0.717, 1.165) is 44.9 Å². The van der Waals surface area contributed by atoms with Crippen molar-refractivity contribution in [3.05, 3.63) is 0 Å². The molecule has 0 saturated heterocycles. The first-order valence-corrected chi connectivity index (χ1v) is 9.86. The standard InChI is InChI=1S/C22H35NO2/c1-3-5-7-9-11-16-20-24-22(18-14-13-15-19-23)25-21-17-12-10-8-6-4-2/h22H,3-10,13-15,18,20-21H2,1-2H3. The molecule has 0 aliphatic heterocycles. The average molecular weight is 346 g/mol. The van der Waals surface area contributed by atoms with E-state index < -0.39 is 0 Å². The molecule has 0 bridgehead atoms. The van der Waals surface area contributed by atoms with Crippen molar-refractivity contribution < 1.29 is 9.47 Å². The van der Waals surface area contributed by atoms with Crippen LogP contribution >= 0.6 is 0 Å². The third-order valence-electron chi connectivity index (χ3n) is 3.72. The summed E-state index contributed by atoms with van der Waals surface area (Å²) in [6.45, 7) is 5.19. The van der Waals surface area contributed by atoms with E-state index in [4.69, 9.17) is 14.7 Å². The molecule has 25 heavy (non-hydrogen) atoms. The van der Waals surface area contributed by atoms with E-state index in [-0.39, 0.29) is 6.29 Å². The Bertz CT molecular complexity index is 413. The maximum atomic E-state index is 8.61. The van der Waals surface area contributed by atoms with Crippen molar-refractivity contribution in [1.82, 2.24) is 0 Å². The molecule has 0 heterocycles. The zero-order valence-corrected chi connectivity index (χ0v) is 16.2. The topological polar surface area (TPSA) is 42.2 Å². The predicted octanol–water partition coefficient (Wildman–Crippen LogP) is 5.60. The third kappa shape index (κ3) is 18.7. The van der Waals surface area contributed by atoms with Gasteiger partial charge in [-0.05, 0) is 32.1 Å². The summed E-state index contributed by atoms with van der Waals surface area (Å²) in [4.78, 5) is 0. The second-order valence-corrected chi connectivity index (χ2v) is 6.08. The summed E-state index contributed by atoms with van der Waals surface area (Å²) in [5.74, 6) is 12.4. The van der Waals surface area contributed by atoms with Crippen LogP contribution in [0.1, 0.15) is 90.9 Å². The Morgan fingerprint density at radius 3 is 1.68 bits per heavy atom. The molecule has 0 atom stereocenters. The molecule has 0 radical (unpaired) electrons. The summed E-state index contributed by atoms with van der Waals surface area (Å²) in [6.07, 6.45) is 12.0. The highest BCUT2D eigenvalue weighted by atomic mass is 16.7. The fourth-order valence-corrected chi connectivity index (χ4v) is 2.20. The highest BCUT2D eigenvalue weighted by Gasteiger charge is 2.07. The SMILES string of the molecule is CCCCCC#CCOC(CCCCC#N)OCC#CCCCCC. The molecule has 0 aliphatic carbocycles. The average Bonchev–Trinajstić information content (AvgIpc) is 2.63. The van der Waals surface area contributed by atoms with E-state index in [1.54, 1.807) is 0 Å². The number of hydrogen-bond donors (Lipinski definition) is 0. The van der Waals surface area contributed by atoms with Crippen molar-refractivity contribution in [2.75, 3.05) is 13.2 Å². The first-order chi connectivity index (χ1) is 12.3. The summed E-state index contributed by atoms with van der Waals surface area (Å²) >= 11 is 0. The van der Waals surface area contributed by atoms with Crippen LogP contribution in [-0.4, -0.2) is 19.5 Å². The van der Waals surface area contributed by atoms with Crippen LogP contribution in [0.25, 0.3) is 0 Å². The number of unbranched alkanes of at least 4 members (excludes halogenated alkanes) is 8. The maximum absolute atomic E-state index is 8.61. The van der Waals surface area contributed by atoms with Crippen LogP contribution in [0.2, 0.25) is 0 Å². The van der Waals surface area contributed by atoms with Gasteiger partial charge in [-0.2, -0.15) is 5.26 Å². The molecule has 0 aliphatic rings. The Labute approximate surface area is 155 Å². The first kappa shape index (κ1) is 23.5. The quantitative estimate of drug-likeness (QED) is 0.234. The third-order valence-corrected chi connectivity index (χ3v) is 3.72. The van der Waals surface area contributed by atoms with Gasteiger partial charge in [0.05, 0.1) is 6.07 Å². The van der Waals surface area contributed by atoms with Gasteiger partial charge in [-0.15, -0.1) is 11.8 Å². The van der Waals surface area contributed by atoms with E-state index in [2.05, 4.69) is 43.6 Å². The number of hydrogen-bond acceptors (Lipinski definition) is 3. The van der Waals surface area contributed by atoms with E-state index in [1.807, 2.05) is 0 Å². The number of nitrogens with zero attached hydrogens (tertiary/aromatic N) is 1. The second-order valence-electron chi connectivity index (χ2n) is 6.08. The van der Waals surface area contributed by atoms with Gasteiger partial charge < -0.3 is 9.47 Å². The van der Waals surface area contributed by atoms with Gasteiger partial charge in [0.15, 0.2) is 6.29 Å². The Hall–Kier alpha value is -1.47. The summed E-state index contributed by atoms with van der Waals surface area (Å²) in [5, 5.41) is 8.61. The van der Waals surface area contributed by atoms with Crippen molar-refractivity contribution in [2.24, 2.45) is 0 Å². The van der Waals surface area contributed by atoms with Crippen molar-refractivity contribution >= 4 is 0 Å². The van der Waals surface area contributed by atoms with E-state index in [0.29, 0.717) is 19.6 Å². The lowest BCUT2D eigenvalue weighted by atomic mass is 10.2. The molecular formula is C22H35NO2. The Kier molecular flexibility index (Phi) is 19.4. The second kappa shape index (κ2) is 20.6. The Balaban J connectivity index is 4.02. The van der Waals surface area contributed by atoms with Gasteiger partial charge in [-0.3, -0.25) is 0 Å². The van der Waals surface area contributed by atoms with Crippen molar-refractivity contribution in [2.45, 2.75) is 97.2 Å². The van der Waals surface area contributed by atoms with Gasteiger partial charge >= 0.3 is 0 Å². The highest BCUT2D eigenvalue weighted by molar-refractivity contribution is 4.99. The lowest BCUT2D eigenvalue weighted by molar-refractivity contribution is -0.128. The molecule has 0 N–H and O–H groups in total. The van der Waals surface area contributed by atoms with Crippen LogP contribution in [0, 0.1) is 35.0 Å². The maximum Gasteiger partial charge on any atom is 0.160 e. The van der Waals surface area contributed by atoms with Gasteiger partial charge in [0, 0.05) is 19.3 Å². The molecule has 0 aromatic carbocycles. The van der Waals surface area contributed by atoms with E-state index in [1.165, 1.54) is 25.7 Å². The number of nitriles is 1. The summed E-state index contributed by atoms with van der Waals surface area (Å²) in [6, 6.07) is 2.17. The molecule has 0 aromatic rings. The van der Waals surface area contributed by atoms with Crippen LogP contribution in [-0.2, 0) is 9.47 Å². The Morgan fingerprint density at radius 2 is 1.20 bits per heavy atom. The summed E-state index contributed by atoms with van der Waals surface area (Å²) in [5.41, 5.74) is 0.